The molecule has 1 aliphatic rings. The van der Waals surface area contributed by atoms with Crippen molar-refractivity contribution in [3.05, 3.63) is 0 Å². The summed E-state index contributed by atoms with van der Waals surface area (Å²) in [4.78, 5) is 12.1. The molecule has 1 unspecified atom stereocenters. The van der Waals surface area contributed by atoms with Gasteiger partial charge in [0.15, 0.2) is 6.29 Å². The Labute approximate surface area is 65.2 Å². The number of rotatable bonds is 2. The third kappa shape index (κ3) is 2.45. The Morgan fingerprint density at radius 2 is 2.55 bits per heavy atom. The van der Waals surface area contributed by atoms with E-state index in [4.69, 9.17) is 10.8 Å². The zero-order valence-corrected chi connectivity index (χ0v) is 6.36. The van der Waals surface area contributed by atoms with Crippen LogP contribution in [0.2, 0.25) is 0 Å². The summed E-state index contributed by atoms with van der Waals surface area (Å²) in [5.41, 5.74) is 5.63. The predicted molar refractivity (Wildman–Crippen MR) is 38.6 cm³/mol. The van der Waals surface area contributed by atoms with Crippen LogP contribution in [0.25, 0.3) is 0 Å². The van der Waals surface area contributed by atoms with Gasteiger partial charge in [0.1, 0.15) is 6.54 Å². The third-order valence-corrected chi connectivity index (χ3v) is 1.82. The van der Waals surface area contributed by atoms with Crippen molar-refractivity contribution in [2.24, 2.45) is 5.73 Å². The van der Waals surface area contributed by atoms with Gasteiger partial charge in [0, 0.05) is 13.0 Å². The highest BCUT2D eigenvalue weighted by molar-refractivity contribution is 5.69. The fraction of sp³-hybridized carbons (Fsp3) is 0.833. The number of aliphatic carboxylic acids is 1. The van der Waals surface area contributed by atoms with Crippen molar-refractivity contribution in [2.45, 2.75) is 12.7 Å². The van der Waals surface area contributed by atoms with E-state index in [2.05, 4.69) is 0 Å². The molecule has 1 fully saturated rings. The smallest absolute Gasteiger partial charge is 0.317 e. The summed E-state index contributed by atoms with van der Waals surface area (Å²) < 4.78 is 0. The SMILES string of the molecule is NC1[NH2+]CCCN1CC(=O)O. The van der Waals surface area contributed by atoms with E-state index in [1.54, 1.807) is 4.90 Å². The molecule has 5 nitrogen and oxygen atoms in total. The molecule has 64 valence electrons. The lowest BCUT2D eigenvalue weighted by Gasteiger charge is -2.28. The number of nitrogens with zero attached hydrogens (tertiary/aromatic N) is 1. The highest BCUT2D eigenvalue weighted by atomic mass is 16.4. The molecule has 5 N–H and O–H groups in total. The maximum absolute atomic E-state index is 10.3. The number of carbonyl (C=O) groups is 1. The first-order valence-electron chi connectivity index (χ1n) is 3.75. The van der Waals surface area contributed by atoms with Gasteiger partial charge in [0.2, 0.25) is 0 Å². The van der Waals surface area contributed by atoms with Crippen LogP contribution in [-0.4, -0.2) is 41.9 Å². The molecule has 0 radical (unpaired) electrons. The first-order chi connectivity index (χ1) is 5.20. The molecule has 0 spiro atoms. The van der Waals surface area contributed by atoms with Gasteiger partial charge in [-0.3, -0.25) is 10.5 Å². The van der Waals surface area contributed by atoms with Crippen molar-refractivity contribution >= 4 is 5.97 Å². The second-order valence-corrected chi connectivity index (χ2v) is 2.73. The maximum atomic E-state index is 10.3. The lowest BCUT2D eigenvalue weighted by Crippen LogP contribution is -2.98. The quantitative estimate of drug-likeness (QED) is 0.420. The average Bonchev–Trinajstić information content (AvgIpc) is 1.93. The molecule has 0 amide bonds. The van der Waals surface area contributed by atoms with Crippen molar-refractivity contribution in [2.75, 3.05) is 19.6 Å². The van der Waals surface area contributed by atoms with Crippen LogP contribution in [0.15, 0.2) is 0 Å². The van der Waals surface area contributed by atoms with Crippen molar-refractivity contribution in [1.29, 1.82) is 0 Å². The van der Waals surface area contributed by atoms with Gasteiger partial charge >= 0.3 is 5.97 Å². The molecule has 1 heterocycles. The summed E-state index contributed by atoms with van der Waals surface area (Å²) in [5, 5.41) is 10.4. The van der Waals surface area contributed by atoms with E-state index >= 15 is 0 Å². The van der Waals surface area contributed by atoms with Gasteiger partial charge in [-0.15, -0.1) is 0 Å². The van der Waals surface area contributed by atoms with E-state index in [1.165, 1.54) is 0 Å². The minimum absolute atomic E-state index is 0.0532. The average molecular weight is 160 g/mol. The summed E-state index contributed by atoms with van der Waals surface area (Å²) >= 11 is 0. The Hall–Kier alpha value is -0.650. The lowest BCUT2D eigenvalue weighted by molar-refractivity contribution is -0.717. The molecular formula is C6H14N3O2+. The molecule has 5 heteroatoms. The molecule has 1 rings (SSSR count). The van der Waals surface area contributed by atoms with Gasteiger partial charge in [0.25, 0.3) is 0 Å². The van der Waals surface area contributed by atoms with Crippen LogP contribution in [-0.2, 0) is 4.79 Å². The Morgan fingerprint density at radius 3 is 3.09 bits per heavy atom. The fourth-order valence-electron chi connectivity index (χ4n) is 1.24. The molecule has 0 bridgehead atoms. The molecular weight excluding hydrogens is 146 g/mol. The number of quaternary nitrogens is 1. The van der Waals surface area contributed by atoms with Crippen LogP contribution in [0.4, 0.5) is 0 Å². The van der Waals surface area contributed by atoms with Crippen LogP contribution in [0.1, 0.15) is 6.42 Å². The van der Waals surface area contributed by atoms with Gasteiger partial charge in [-0.1, -0.05) is 0 Å². The summed E-state index contributed by atoms with van der Waals surface area (Å²) in [7, 11) is 0. The number of carboxylic acid groups (broad SMARTS) is 1. The van der Waals surface area contributed by atoms with Crippen LogP contribution < -0.4 is 11.1 Å². The molecule has 0 saturated carbocycles. The number of hydrogen-bond acceptors (Lipinski definition) is 3. The minimum Gasteiger partial charge on any atom is -0.480 e. The second-order valence-electron chi connectivity index (χ2n) is 2.73. The third-order valence-electron chi connectivity index (χ3n) is 1.82. The summed E-state index contributed by atoms with van der Waals surface area (Å²) in [6.45, 7) is 1.85. The summed E-state index contributed by atoms with van der Waals surface area (Å²) in [5.74, 6) is -0.809. The van der Waals surface area contributed by atoms with E-state index < -0.39 is 5.97 Å². The Kier molecular flexibility index (Phi) is 2.81. The normalized spacial score (nSPS) is 26.8. The molecule has 0 aromatic heterocycles. The maximum Gasteiger partial charge on any atom is 0.317 e. The minimum atomic E-state index is -0.809. The Morgan fingerprint density at radius 1 is 1.82 bits per heavy atom. The first kappa shape index (κ1) is 8.45. The van der Waals surface area contributed by atoms with E-state index in [-0.39, 0.29) is 12.8 Å². The topological polar surface area (TPSA) is 83.2 Å². The van der Waals surface area contributed by atoms with E-state index in [0.717, 1.165) is 19.5 Å². The van der Waals surface area contributed by atoms with Crippen LogP contribution in [0.3, 0.4) is 0 Å². The molecule has 11 heavy (non-hydrogen) atoms. The van der Waals surface area contributed by atoms with Crippen LogP contribution in [0.5, 0.6) is 0 Å². The molecule has 0 aromatic carbocycles. The van der Waals surface area contributed by atoms with Crippen molar-refractivity contribution in [3.63, 3.8) is 0 Å². The molecule has 0 aromatic rings. The summed E-state index contributed by atoms with van der Waals surface area (Å²) in [6.07, 6.45) is 0.848. The zero-order valence-electron chi connectivity index (χ0n) is 6.36. The van der Waals surface area contributed by atoms with Crippen molar-refractivity contribution < 1.29 is 15.2 Å². The summed E-state index contributed by atoms with van der Waals surface area (Å²) in [6, 6.07) is 0. The highest BCUT2D eigenvalue weighted by Crippen LogP contribution is 1.93. The second kappa shape index (κ2) is 3.66. The number of nitrogens with two attached hydrogens (primary N) is 2. The van der Waals surface area contributed by atoms with E-state index in [1.807, 2.05) is 5.32 Å². The van der Waals surface area contributed by atoms with Gasteiger partial charge in [-0.2, -0.15) is 0 Å². The van der Waals surface area contributed by atoms with Crippen molar-refractivity contribution in [3.8, 4) is 0 Å². The monoisotopic (exact) mass is 160 g/mol. The Balaban J connectivity index is 2.35. The van der Waals surface area contributed by atoms with E-state index in [0.29, 0.717) is 0 Å². The number of hydrogen-bond donors (Lipinski definition) is 3. The van der Waals surface area contributed by atoms with Crippen molar-refractivity contribution in [1.82, 2.24) is 4.90 Å². The Bertz CT molecular complexity index is 151. The number of carboxylic acids is 1. The standard InChI is InChI=1S/C6H13N3O2/c7-6-8-2-1-3-9(6)4-5(10)11/h6,8H,1-4,7H2,(H,10,11)/p+1. The lowest BCUT2D eigenvalue weighted by atomic mass is 10.3. The largest absolute Gasteiger partial charge is 0.480 e. The van der Waals surface area contributed by atoms with Gasteiger partial charge in [0.05, 0.1) is 6.54 Å². The fourth-order valence-corrected chi connectivity index (χ4v) is 1.24. The first-order valence-corrected chi connectivity index (χ1v) is 3.75. The molecule has 1 atom stereocenters. The zero-order chi connectivity index (χ0) is 8.27. The highest BCUT2D eigenvalue weighted by Gasteiger charge is 2.22. The predicted octanol–water partition coefficient (Wildman–Crippen LogP) is -2.42. The molecule has 1 saturated heterocycles. The van der Waals surface area contributed by atoms with Gasteiger partial charge in [-0.05, 0) is 0 Å². The van der Waals surface area contributed by atoms with Crippen LogP contribution in [0, 0.1) is 0 Å². The van der Waals surface area contributed by atoms with Gasteiger partial charge < -0.3 is 10.4 Å². The van der Waals surface area contributed by atoms with Crippen LogP contribution >= 0.6 is 0 Å². The molecule has 0 aliphatic carbocycles. The molecule has 1 aliphatic heterocycles. The van der Waals surface area contributed by atoms with E-state index in [9.17, 15) is 4.79 Å². The van der Waals surface area contributed by atoms with Gasteiger partial charge in [-0.25, -0.2) is 4.90 Å².